The van der Waals surface area contributed by atoms with E-state index in [0.717, 1.165) is 6.42 Å². The highest BCUT2D eigenvalue weighted by atomic mass is 16.5. The van der Waals surface area contributed by atoms with Crippen LogP contribution in [0, 0.1) is 5.92 Å². The van der Waals surface area contributed by atoms with E-state index in [0.29, 0.717) is 29.6 Å². The van der Waals surface area contributed by atoms with Gasteiger partial charge in [0.25, 0.3) is 5.91 Å². The maximum absolute atomic E-state index is 12.8. The van der Waals surface area contributed by atoms with Crippen LogP contribution in [0.25, 0.3) is 0 Å². The summed E-state index contributed by atoms with van der Waals surface area (Å²) in [5.74, 6) is 0.158. The van der Waals surface area contributed by atoms with Crippen LogP contribution >= 0.6 is 0 Å². The summed E-state index contributed by atoms with van der Waals surface area (Å²) in [5, 5.41) is 9.39. The first-order valence-corrected chi connectivity index (χ1v) is 8.74. The second-order valence-electron chi connectivity index (χ2n) is 6.80. The molecule has 1 heterocycles. The summed E-state index contributed by atoms with van der Waals surface area (Å²) < 4.78 is 16.3. The van der Waals surface area contributed by atoms with Crippen LogP contribution in [0.2, 0.25) is 0 Å². The van der Waals surface area contributed by atoms with Gasteiger partial charge in [0.05, 0.1) is 19.8 Å². The minimum absolute atomic E-state index is 0.251. The molecule has 144 valence electrons. The molecule has 7 nitrogen and oxygen atoms in total. The fourth-order valence-electron chi connectivity index (χ4n) is 2.92. The summed E-state index contributed by atoms with van der Waals surface area (Å²) in [5.41, 5.74) is 0.362. The highest BCUT2D eigenvalue weighted by Gasteiger charge is 2.40. The highest BCUT2D eigenvalue weighted by molar-refractivity contribution is 5.97. The van der Waals surface area contributed by atoms with E-state index >= 15 is 0 Å². The van der Waals surface area contributed by atoms with Crippen LogP contribution in [-0.4, -0.2) is 61.4 Å². The Kier molecular flexibility index (Phi) is 6.85. The van der Waals surface area contributed by atoms with Crippen LogP contribution in [0.1, 0.15) is 37.0 Å². The molecule has 1 aliphatic heterocycles. The fourth-order valence-corrected chi connectivity index (χ4v) is 2.92. The van der Waals surface area contributed by atoms with Crippen molar-refractivity contribution >= 4 is 11.9 Å². The number of hydrogen-bond donors (Lipinski definition) is 1. The first-order valence-electron chi connectivity index (χ1n) is 8.74. The lowest BCUT2D eigenvalue weighted by Crippen LogP contribution is -2.40. The van der Waals surface area contributed by atoms with Crippen molar-refractivity contribution in [2.45, 2.75) is 38.8 Å². The lowest BCUT2D eigenvalue weighted by atomic mass is 10.1. The molecule has 0 radical (unpaired) electrons. The first kappa shape index (κ1) is 20.0. The average molecular weight is 365 g/mol. The summed E-state index contributed by atoms with van der Waals surface area (Å²) in [7, 11) is 3.03. The first-order chi connectivity index (χ1) is 12.4. The molecular weight excluding hydrogens is 338 g/mol. The molecular formula is C19H27NO6. The van der Waals surface area contributed by atoms with Crippen molar-refractivity contribution in [3.05, 3.63) is 23.8 Å². The summed E-state index contributed by atoms with van der Waals surface area (Å²) in [6.45, 7) is 5.04. The Morgan fingerprint density at radius 2 is 2.00 bits per heavy atom. The molecule has 1 amide bonds. The zero-order valence-corrected chi connectivity index (χ0v) is 15.7. The Morgan fingerprint density at radius 3 is 2.58 bits per heavy atom. The third-order valence-corrected chi connectivity index (χ3v) is 4.51. The minimum Gasteiger partial charge on any atom is -0.493 e. The van der Waals surface area contributed by atoms with Crippen LogP contribution < -0.4 is 9.47 Å². The van der Waals surface area contributed by atoms with Crippen molar-refractivity contribution in [3.8, 4) is 11.5 Å². The number of carbonyl (C=O) groups excluding carboxylic acids is 1. The molecule has 0 saturated carbocycles. The van der Waals surface area contributed by atoms with E-state index in [9.17, 15) is 14.7 Å². The van der Waals surface area contributed by atoms with Gasteiger partial charge < -0.3 is 24.2 Å². The smallest absolute Gasteiger partial charge is 0.326 e. The molecule has 7 heteroatoms. The van der Waals surface area contributed by atoms with E-state index in [1.54, 1.807) is 18.2 Å². The zero-order valence-electron chi connectivity index (χ0n) is 15.7. The molecule has 2 unspecified atom stereocenters. The quantitative estimate of drug-likeness (QED) is 0.762. The molecule has 0 aromatic heterocycles. The van der Waals surface area contributed by atoms with Crippen LogP contribution in [-0.2, 0) is 9.53 Å². The Balaban J connectivity index is 2.17. The number of carbonyl (C=O) groups is 2. The van der Waals surface area contributed by atoms with Crippen molar-refractivity contribution in [1.29, 1.82) is 0 Å². The zero-order chi connectivity index (χ0) is 19.3. The predicted octanol–water partition coefficient (Wildman–Crippen LogP) is 2.43. The van der Waals surface area contributed by atoms with Crippen molar-refractivity contribution in [3.63, 3.8) is 0 Å². The summed E-state index contributed by atoms with van der Waals surface area (Å²) in [6, 6.07) is 4.02. The number of likely N-dealkylation sites (tertiary alicyclic amines) is 1. The number of methoxy groups -OCH3 is 2. The largest absolute Gasteiger partial charge is 0.493 e. The second-order valence-corrected chi connectivity index (χ2v) is 6.80. The minimum atomic E-state index is -1.03. The van der Waals surface area contributed by atoms with Crippen molar-refractivity contribution in [2.24, 2.45) is 5.92 Å². The van der Waals surface area contributed by atoms with Gasteiger partial charge in [-0.15, -0.1) is 0 Å². The van der Waals surface area contributed by atoms with Gasteiger partial charge in [0.1, 0.15) is 6.04 Å². The average Bonchev–Trinajstić information content (AvgIpc) is 3.05. The van der Waals surface area contributed by atoms with Gasteiger partial charge in [0.2, 0.25) is 0 Å². The molecule has 0 spiro atoms. The van der Waals surface area contributed by atoms with Gasteiger partial charge >= 0.3 is 5.97 Å². The van der Waals surface area contributed by atoms with Crippen molar-refractivity contribution in [1.82, 2.24) is 4.90 Å². The molecule has 1 N–H and O–H groups in total. The lowest BCUT2D eigenvalue weighted by Gasteiger charge is -2.22. The second kappa shape index (κ2) is 8.89. The van der Waals surface area contributed by atoms with Crippen molar-refractivity contribution in [2.75, 3.05) is 27.4 Å². The van der Waals surface area contributed by atoms with Crippen LogP contribution in [0.5, 0.6) is 11.5 Å². The van der Waals surface area contributed by atoms with Crippen LogP contribution in [0.4, 0.5) is 0 Å². The van der Waals surface area contributed by atoms with Gasteiger partial charge in [0.15, 0.2) is 11.5 Å². The molecule has 0 aliphatic carbocycles. The molecule has 1 aliphatic rings. The molecule has 1 fully saturated rings. The van der Waals surface area contributed by atoms with Gasteiger partial charge in [-0.2, -0.15) is 0 Å². The maximum Gasteiger partial charge on any atom is 0.326 e. The number of ether oxygens (including phenoxy) is 3. The number of benzene rings is 1. The Morgan fingerprint density at radius 1 is 1.27 bits per heavy atom. The number of nitrogens with zero attached hydrogens (tertiary/aromatic N) is 1. The van der Waals surface area contributed by atoms with Crippen LogP contribution in [0.15, 0.2) is 18.2 Å². The van der Waals surface area contributed by atoms with Gasteiger partial charge in [-0.1, -0.05) is 13.8 Å². The monoisotopic (exact) mass is 365 g/mol. The number of hydrogen-bond acceptors (Lipinski definition) is 5. The molecule has 2 atom stereocenters. The third kappa shape index (κ3) is 4.66. The topological polar surface area (TPSA) is 85.3 Å². The summed E-state index contributed by atoms with van der Waals surface area (Å²) in [6.07, 6.45) is 0.919. The molecule has 2 rings (SSSR count). The van der Waals surface area contributed by atoms with E-state index in [4.69, 9.17) is 14.2 Å². The number of carboxylic acid groups (broad SMARTS) is 1. The molecule has 26 heavy (non-hydrogen) atoms. The third-order valence-electron chi connectivity index (χ3n) is 4.51. The predicted molar refractivity (Wildman–Crippen MR) is 95.8 cm³/mol. The standard InChI is InChI=1S/C19H27NO6/c1-12(2)7-8-26-16-6-5-13(9-17(16)25-4)18(21)20-11-14(24-3)10-15(20)19(22)23/h5-6,9,12,14-15H,7-8,10-11H2,1-4H3,(H,22,23). The number of carboxylic acids is 1. The van der Waals surface area contributed by atoms with Gasteiger partial charge in [-0.05, 0) is 30.5 Å². The van der Waals surface area contributed by atoms with E-state index in [1.165, 1.54) is 19.1 Å². The van der Waals surface area contributed by atoms with Crippen LogP contribution in [0.3, 0.4) is 0 Å². The lowest BCUT2D eigenvalue weighted by molar-refractivity contribution is -0.141. The summed E-state index contributed by atoms with van der Waals surface area (Å²) in [4.78, 5) is 25.6. The number of aliphatic carboxylic acids is 1. The molecule has 1 aromatic rings. The molecule has 1 aromatic carbocycles. The normalized spacial score (nSPS) is 19.7. The Labute approximate surface area is 153 Å². The SMILES string of the molecule is COc1cc(C(=O)N2CC(OC)CC2C(=O)O)ccc1OCCC(C)C. The Bertz CT molecular complexity index is 645. The van der Waals surface area contributed by atoms with Gasteiger partial charge in [-0.3, -0.25) is 4.79 Å². The van der Waals surface area contributed by atoms with E-state index < -0.39 is 12.0 Å². The van der Waals surface area contributed by atoms with Gasteiger partial charge in [-0.25, -0.2) is 4.79 Å². The Hall–Kier alpha value is -2.28. The molecule has 0 bridgehead atoms. The van der Waals surface area contributed by atoms with E-state index in [-0.39, 0.29) is 25.0 Å². The highest BCUT2D eigenvalue weighted by Crippen LogP contribution is 2.30. The van der Waals surface area contributed by atoms with E-state index in [2.05, 4.69) is 13.8 Å². The number of rotatable bonds is 8. The maximum atomic E-state index is 12.8. The fraction of sp³-hybridized carbons (Fsp3) is 0.579. The van der Waals surface area contributed by atoms with Gasteiger partial charge in [0, 0.05) is 25.6 Å². The summed E-state index contributed by atoms with van der Waals surface area (Å²) >= 11 is 0. The van der Waals surface area contributed by atoms with Crippen molar-refractivity contribution < 1.29 is 28.9 Å². The number of amides is 1. The molecule has 1 saturated heterocycles. The van der Waals surface area contributed by atoms with E-state index in [1.807, 2.05) is 0 Å².